The summed E-state index contributed by atoms with van der Waals surface area (Å²) >= 11 is 0. The van der Waals surface area contributed by atoms with Gasteiger partial charge in [-0.25, -0.2) is 4.79 Å². The summed E-state index contributed by atoms with van der Waals surface area (Å²) in [7, 11) is 0. The predicted octanol–water partition coefficient (Wildman–Crippen LogP) is 2.04. The van der Waals surface area contributed by atoms with Crippen LogP contribution in [0.25, 0.3) is 0 Å². The number of carbonyl (C=O) groups excluding carboxylic acids is 1. The van der Waals surface area contributed by atoms with Gasteiger partial charge in [0.25, 0.3) is 5.91 Å². The summed E-state index contributed by atoms with van der Waals surface area (Å²) in [6.07, 6.45) is 4.60. The molecule has 1 atom stereocenters. The molecule has 2 rings (SSSR count). The largest absolute Gasteiger partial charge is 0.478 e. The zero-order chi connectivity index (χ0) is 13.8. The van der Waals surface area contributed by atoms with E-state index >= 15 is 0 Å². The Morgan fingerprint density at radius 3 is 3.00 bits per heavy atom. The van der Waals surface area contributed by atoms with Crippen molar-refractivity contribution in [1.29, 1.82) is 0 Å². The first-order valence-corrected chi connectivity index (χ1v) is 6.61. The molecule has 102 valence electrons. The summed E-state index contributed by atoms with van der Waals surface area (Å²) in [5, 5.41) is 9.10. The number of carbonyl (C=O) groups is 2. The van der Waals surface area contributed by atoms with Gasteiger partial charge in [0.1, 0.15) is 5.69 Å². The van der Waals surface area contributed by atoms with Crippen LogP contribution in [0.2, 0.25) is 0 Å². The molecule has 1 aliphatic rings. The molecule has 0 spiro atoms. The smallest absolute Gasteiger partial charge is 0.338 e. The summed E-state index contributed by atoms with van der Waals surface area (Å²) in [6, 6.07) is 2.95. The monoisotopic (exact) mass is 262 g/mol. The molecule has 1 aromatic rings. The first-order chi connectivity index (χ1) is 9.13. The Bertz CT molecular complexity index is 487. The van der Waals surface area contributed by atoms with E-state index in [-0.39, 0.29) is 17.2 Å². The average Bonchev–Trinajstić information content (AvgIpc) is 2.46. The van der Waals surface area contributed by atoms with Crippen LogP contribution in [-0.4, -0.2) is 40.0 Å². The van der Waals surface area contributed by atoms with E-state index in [1.54, 1.807) is 4.90 Å². The molecule has 5 heteroatoms. The molecule has 0 radical (unpaired) electrons. The minimum atomic E-state index is -1.11. The highest BCUT2D eigenvalue weighted by Crippen LogP contribution is 2.21. The fourth-order valence-corrected chi connectivity index (χ4v) is 2.48. The molecule has 1 N–H and O–H groups in total. The lowest BCUT2D eigenvalue weighted by molar-refractivity contribution is 0.0634. The Hall–Kier alpha value is -1.91. The third-order valence-electron chi connectivity index (χ3n) is 3.62. The van der Waals surface area contributed by atoms with Crippen LogP contribution in [0.15, 0.2) is 18.3 Å². The van der Waals surface area contributed by atoms with Crippen LogP contribution in [0.3, 0.4) is 0 Å². The number of aromatic nitrogens is 1. The number of hydrogen-bond donors (Lipinski definition) is 1. The lowest BCUT2D eigenvalue weighted by atomic mass is 9.95. The fraction of sp³-hybridized carbons (Fsp3) is 0.500. The quantitative estimate of drug-likeness (QED) is 0.905. The van der Waals surface area contributed by atoms with Crippen molar-refractivity contribution in [3.63, 3.8) is 0 Å². The van der Waals surface area contributed by atoms with E-state index in [1.165, 1.54) is 18.3 Å². The van der Waals surface area contributed by atoms with E-state index in [1.807, 2.05) is 0 Å². The number of piperidine rings is 1. The van der Waals surface area contributed by atoms with Crippen LogP contribution in [0.1, 0.15) is 47.0 Å². The van der Waals surface area contributed by atoms with E-state index in [0.29, 0.717) is 19.0 Å². The topological polar surface area (TPSA) is 70.5 Å². The number of rotatable bonds is 3. The molecule has 2 heterocycles. The highest BCUT2D eigenvalue weighted by molar-refractivity contribution is 6.03. The number of carboxylic acid groups (broad SMARTS) is 1. The zero-order valence-corrected chi connectivity index (χ0v) is 11.0. The number of pyridine rings is 1. The number of nitrogens with zero attached hydrogens (tertiary/aromatic N) is 2. The summed E-state index contributed by atoms with van der Waals surface area (Å²) in [4.78, 5) is 29.2. The molecule has 1 saturated heterocycles. The zero-order valence-electron chi connectivity index (χ0n) is 11.0. The van der Waals surface area contributed by atoms with E-state index in [2.05, 4.69) is 11.9 Å². The Morgan fingerprint density at radius 1 is 1.53 bits per heavy atom. The standard InChI is InChI=1S/C14H18N2O3/c1-2-10-5-4-8-16(9-10)13(17)12-11(14(18)19)6-3-7-15-12/h3,6-7,10H,2,4-5,8-9H2,1H3,(H,18,19). The van der Waals surface area contributed by atoms with Gasteiger partial charge < -0.3 is 10.0 Å². The molecule has 1 amide bonds. The Kier molecular flexibility index (Phi) is 4.14. The van der Waals surface area contributed by atoms with Crippen molar-refractivity contribution in [2.24, 2.45) is 5.92 Å². The van der Waals surface area contributed by atoms with Gasteiger partial charge >= 0.3 is 5.97 Å². The second kappa shape index (κ2) is 5.82. The summed E-state index contributed by atoms with van der Waals surface area (Å²) in [5.41, 5.74) is 0.0258. The van der Waals surface area contributed by atoms with Gasteiger partial charge in [-0.1, -0.05) is 13.3 Å². The normalized spacial score (nSPS) is 19.2. The SMILES string of the molecule is CCC1CCCN(C(=O)c2ncccc2C(=O)O)C1. The highest BCUT2D eigenvalue weighted by atomic mass is 16.4. The molecule has 1 aromatic heterocycles. The molecule has 5 nitrogen and oxygen atoms in total. The van der Waals surface area contributed by atoms with Crippen molar-refractivity contribution in [3.05, 3.63) is 29.6 Å². The predicted molar refractivity (Wildman–Crippen MR) is 70.1 cm³/mol. The molecule has 0 saturated carbocycles. The maximum absolute atomic E-state index is 12.4. The van der Waals surface area contributed by atoms with Crippen LogP contribution >= 0.6 is 0 Å². The van der Waals surface area contributed by atoms with E-state index in [4.69, 9.17) is 5.11 Å². The van der Waals surface area contributed by atoms with Crippen molar-refractivity contribution in [2.45, 2.75) is 26.2 Å². The first-order valence-electron chi connectivity index (χ1n) is 6.61. The number of likely N-dealkylation sites (tertiary alicyclic amines) is 1. The molecule has 1 unspecified atom stereocenters. The van der Waals surface area contributed by atoms with Crippen molar-refractivity contribution >= 4 is 11.9 Å². The van der Waals surface area contributed by atoms with Crippen molar-refractivity contribution in [1.82, 2.24) is 9.88 Å². The van der Waals surface area contributed by atoms with Gasteiger partial charge in [0.2, 0.25) is 0 Å². The van der Waals surface area contributed by atoms with Crippen molar-refractivity contribution < 1.29 is 14.7 Å². The van der Waals surface area contributed by atoms with Crippen LogP contribution in [0, 0.1) is 5.92 Å². The third-order valence-corrected chi connectivity index (χ3v) is 3.62. The van der Waals surface area contributed by atoms with Gasteiger partial charge in [-0.15, -0.1) is 0 Å². The maximum Gasteiger partial charge on any atom is 0.338 e. The van der Waals surface area contributed by atoms with Crippen LogP contribution in [-0.2, 0) is 0 Å². The van der Waals surface area contributed by atoms with E-state index < -0.39 is 5.97 Å². The van der Waals surface area contributed by atoms with Gasteiger partial charge in [-0.2, -0.15) is 0 Å². The lowest BCUT2D eigenvalue weighted by Gasteiger charge is -2.32. The summed E-state index contributed by atoms with van der Waals surface area (Å²) in [6.45, 7) is 3.50. The molecule has 1 aliphatic heterocycles. The molecule has 0 bridgehead atoms. The number of aromatic carboxylic acids is 1. The average molecular weight is 262 g/mol. The molecule has 0 aromatic carbocycles. The number of amides is 1. The summed E-state index contributed by atoms with van der Waals surface area (Å²) in [5.74, 6) is -0.869. The van der Waals surface area contributed by atoms with Crippen LogP contribution in [0.4, 0.5) is 0 Å². The molecular formula is C14H18N2O3. The van der Waals surface area contributed by atoms with Gasteiger partial charge in [0.05, 0.1) is 5.56 Å². The minimum absolute atomic E-state index is 0.0221. The lowest BCUT2D eigenvalue weighted by Crippen LogP contribution is -2.40. The molecule has 19 heavy (non-hydrogen) atoms. The van der Waals surface area contributed by atoms with Gasteiger partial charge in [-0.3, -0.25) is 9.78 Å². The van der Waals surface area contributed by atoms with Crippen molar-refractivity contribution in [2.75, 3.05) is 13.1 Å². The summed E-state index contributed by atoms with van der Waals surface area (Å²) < 4.78 is 0. The number of carboxylic acids is 1. The Balaban J connectivity index is 2.22. The second-order valence-corrected chi connectivity index (χ2v) is 4.87. The van der Waals surface area contributed by atoms with Gasteiger partial charge in [-0.05, 0) is 30.9 Å². The highest BCUT2D eigenvalue weighted by Gasteiger charge is 2.27. The van der Waals surface area contributed by atoms with Gasteiger partial charge in [0.15, 0.2) is 0 Å². The second-order valence-electron chi connectivity index (χ2n) is 4.87. The number of hydrogen-bond acceptors (Lipinski definition) is 3. The Labute approximate surface area is 112 Å². The molecular weight excluding hydrogens is 244 g/mol. The van der Waals surface area contributed by atoms with E-state index in [0.717, 1.165) is 19.3 Å². The Morgan fingerprint density at radius 2 is 2.32 bits per heavy atom. The van der Waals surface area contributed by atoms with Gasteiger partial charge in [0, 0.05) is 19.3 Å². The van der Waals surface area contributed by atoms with Crippen LogP contribution < -0.4 is 0 Å². The van der Waals surface area contributed by atoms with Crippen molar-refractivity contribution in [3.8, 4) is 0 Å². The first kappa shape index (κ1) is 13.5. The molecule has 0 aliphatic carbocycles. The fourth-order valence-electron chi connectivity index (χ4n) is 2.48. The van der Waals surface area contributed by atoms with E-state index in [9.17, 15) is 9.59 Å². The molecule has 1 fully saturated rings. The maximum atomic E-state index is 12.4. The van der Waals surface area contributed by atoms with Crippen LogP contribution in [0.5, 0.6) is 0 Å². The minimum Gasteiger partial charge on any atom is -0.478 e. The third kappa shape index (κ3) is 2.92.